The van der Waals surface area contributed by atoms with E-state index in [1.165, 1.54) is 0 Å². The molecular formula is C17H37IO2Si2. The molecule has 0 amide bonds. The van der Waals surface area contributed by atoms with Crippen LogP contribution in [0.1, 0.15) is 48.0 Å². The van der Waals surface area contributed by atoms with Crippen LogP contribution in [0.5, 0.6) is 0 Å². The van der Waals surface area contributed by atoms with Gasteiger partial charge in [0.1, 0.15) is 0 Å². The molecule has 0 aromatic rings. The van der Waals surface area contributed by atoms with Crippen LogP contribution in [-0.2, 0) is 8.85 Å². The van der Waals surface area contributed by atoms with Crippen LogP contribution in [0.25, 0.3) is 0 Å². The van der Waals surface area contributed by atoms with Crippen molar-refractivity contribution in [3.05, 3.63) is 10.2 Å². The van der Waals surface area contributed by atoms with Gasteiger partial charge in [-0.25, -0.2) is 0 Å². The predicted octanol–water partition coefficient (Wildman–Crippen LogP) is 6.74. The molecule has 0 bridgehead atoms. The standard InChI is InChI=1S/C17H37IO2Si2/c1-16(2,3)21(7,8)19-14-15(12-11-13-18)20-22(9,10)17(4,5)6/h11,13,15H,12,14H2,1-10H3/b13-11+/t15-/m0/s1. The molecule has 0 aliphatic rings. The maximum Gasteiger partial charge on any atom is 0.192 e. The Morgan fingerprint density at radius 2 is 1.36 bits per heavy atom. The van der Waals surface area contributed by atoms with E-state index in [4.69, 9.17) is 8.85 Å². The first-order chi connectivity index (χ1) is 9.64. The van der Waals surface area contributed by atoms with Crippen LogP contribution in [0.2, 0.25) is 36.3 Å². The molecule has 0 saturated carbocycles. The number of halogens is 1. The van der Waals surface area contributed by atoms with E-state index in [9.17, 15) is 0 Å². The summed E-state index contributed by atoms with van der Waals surface area (Å²) in [7, 11) is -3.48. The average Bonchev–Trinajstić information content (AvgIpc) is 2.29. The Morgan fingerprint density at radius 3 is 1.73 bits per heavy atom. The monoisotopic (exact) mass is 456 g/mol. The maximum absolute atomic E-state index is 6.59. The van der Waals surface area contributed by atoms with Crippen LogP contribution in [-0.4, -0.2) is 29.3 Å². The second-order valence-electron chi connectivity index (χ2n) is 9.17. The van der Waals surface area contributed by atoms with Crippen molar-refractivity contribution in [3.8, 4) is 0 Å². The van der Waals surface area contributed by atoms with Crippen molar-refractivity contribution in [2.75, 3.05) is 6.61 Å². The van der Waals surface area contributed by atoms with Gasteiger partial charge in [0.05, 0.1) is 12.7 Å². The first-order valence-corrected chi connectivity index (χ1v) is 15.3. The number of hydrogen-bond donors (Lipinski definition) is 0. The Bertz CT molecular complexity index is 366. The SMILES string of the molecule is CC(C)(C)[Si](C)(C)OC[C@H](C/C=C/I)O[Si](C)(C)C(C)(C)C. The summed E-state index contributed by atoms with van der Waals surface area (Å²) in [6.07, 6.45) is 3.29. The van der Waals surface area contributed by atoms with Gasteiger partial charge in [0.2, 0.25) is 0 Å². The lowest BCUT2D eigenvalue weighted by molar-refractivity contribution is 0.109. The quantitative estimate of drug-likeness (QED) is 0.312. The third kappa shape index (κ3) is 7.15. The summed E-state index contributed by atoms with van der Waals surface area (Å²) in [5, 5.41) is 0.476. The van der Waals surface area contributed by atoms with Gasteiger partial charge in [-0.15, -0.1) is 0 Å². The lowest BCUT2D eigenvalue weighted by atomic mass is 10.2. The summed E-state index contributed by atoms with van der Waals surface area (Å²) in [5.41, 5.74) is 0. The first kappa shape index (κ1) is 22.8. The summed E-state index contributed by atoms with van der Waals surface area (Å²) in [6, 6.07) is 0. The Morgan fingerprint density at radius 1 is 0.909 bits per heavy atom. The van der Waals surface area contributed by atoms with Gasteiger partial charge >= 0.3 is 0 Å². The second kappa shape index (κ2) is 8.27. The number of hydrogen-bond acceptors (Lipinski definition) is 2. The Hall–Kier alpha value is 0.824. The minimum absolute atomic E-state index is 0.168. The van der Waals surface area contributed by atoms with Crippen LogP contribution in [0.4, 0.5) is 0 Å². The van der Waals surface area contributed by atoms with Crippen molar-refractivity contribution in [2.45, 2.75) is 90.3 Å². The molecule has 5 heteroatoms. The van der Waals surface area contributed by atoms with Crippen molar-refractivity contribution in [1.29, 1.82) is 0 Å². The predicted molar refractivity (Wildman–Crippen MR) is 113 cm³/mol. The molecule has 0 radical (unpaired) electrons. The van der Waals surface area contributed by atoms with Gasteiger partial charge in [0, 0.05) is 0 Å². The summed E-state index contributed by atoms with van der Waals surface area (Å²) >= 11 is 2.27. The van der Waals surface area contributed by atoms with E-state index in [1.807, 2.05) is 0 Å². The molecule has 0 saturated heterocycles. The van der Waals surface area contributed by atoms with Crippen molar-refractivity contribution < 1.29 is 8.85 Å². The van der Waals surface area contributed by atoms with Gasteiger partial charge in [-0.3, -0.25) is 0 Å². The van der Waals surface area contributed by atoms with Gasteiger partial charge in [-0.1, -0.05) is 70.2 Å². The Labute approximate surface area is 154 Å². The third-order valence-corrected chi connectivity index (χ3v) is 14.7. The van der Waals surface area contributed by atoms with Crippen LogP contribution in [0.3, 0.4) is 0 Å². The molecule has 0 aliphatic heterocycles. The van der Waals surface area contributed by atoms with Crippen LogP contribution >= 0.6 is 22.6 Å². The zero-order valence-corrected chi connectivity index (χ0v) is 20.5. The van der Waals surface area contributed by atoms with Gasteiger partial charge in [0.25, 0.3) is 0 Å². The molecule has 132 valence electrons. The highest BCUT2D eigenvalue weighted by Crippen LogP contribution is 2.39. The topological polar surface area (TPSA) is 18.5 Å². The van der Waals surface area contributed by atoms with Crippen molar-refractivity contribution in [2.24, 2.45) is 0 Å². The summed E-state index contributed by atoms with van der Waals surface area (Å²) < 4.78 is 15.1. The molecule has 0 unspecified atom stereocenters. The number of rotatable bonds is 7. The molecule has 0 aliphatic carbocycles. The summed E-state index contributed by atoms with van der Waals surface area (Å²) in [6.45, 7) is 23.7. The highest BCUT2D eigenvalue weighted by molar-refractivity contribution is 14.1. The average molecular weight is 457 g/mol. The normalized spacial score (nSPS) is 16.3. The fourth-order valence-corrected chi connectivity index (χ4v) is 4.14. The molecule has 22 heavy (non-hydrogen) atoms. The van der Waals surface area contributed by atoms with E-state index in [0.717, 1.165) is 6.42 Å². The Kier molecular flexibility index (Phi) is 8.58. The molecule has 1 atom stereocenters. The minimum Gasteiger partial charge on any atom is -0.414 e. The fraction of sp³-hybridized carbons (Fsp3) is 0.882. The molecule has 2 nitrogen and oxygen atoms in total. The highest BCUT2D eigenvalue weighted by Gasteiger charge is 2.41. The smallest absolute Gasteiger partial charge is 0.192 e. The van der Waals surface area contributed by atoms with E-state index in [1.54, 1.807) is 0 Å². The van der Waals surface area contributed by atoms with E-state index in [0.29, 0.717) is 6.61 Å². The molecule has 0 spiro atoms. The van der Waals surface area contributed by atoms with Gasteiger partial charge in [-0.2, -0.15) is 0 Å². The second-order valence-corrected chi connectivity index (χ2v) is 19.5. The molecular weight excluding hydrogens is 419 g/mol. The summed E-state index contributed by atoms with van der Waals surface area (Å²) in [4.78, 5) is 0. The van der Waals surface area contributed by atoms with Gasteiger partial charge in [0.15, 0.2) is 16.6 Å². The van der Waals surface area contributed by atoms with E-state index < -0.39 is 16.6 Å². The molecule has 0 heterocycles. The van der Waals surface area contributed by atoms with Crippen LogP contribution < -0.4 is 0 Å². The van der Waals surface area contributed by atoms with Crippen LogP contribution in [0, 0.1) is 0 Å². The van der Waals surface area contributed by atoms with Gasteiger partial charge < -0.3 is 8.85 Å². The van der Waals surface area contributed by atoms with E-state index in [-0.39, 0.29) is 16.2 Å². The maximum atomic E-state index is 6.59. The summed E-state index contributed by atoms with van der Waals surface area (Å²) in [5.74, 6) is 0. The third-order valence-electron chi connectivity index (χ3n) is 5.19. The zero-order valence-electron chi connectivity index (χ0n) is 16.3. The molecule has 0 rings (SSSR count). The lowest BCUT2D eigenvalue weighted by Crippen LogP contribution is -2.47. The first-order valence-electron chi connectivity index (χ1n) is 8.21. The molecule has 0 fully saturated rings. The van der Waals surface area contributed by atoms with E-state index in [2.05, 4.69) is 100 Å². The van der Waals surface area contributed by atoms with Crippen molar-refractivity contribution in [3.63, 3.8) is 0 Å². The van der Waals surface area contributed by atoms with Gasteiger partial charge in [-0.05, 0) is 46.8 Å². The lowest BCUT2D eigenvalue weighted by Gasteiger charge is -2.41. The molecule has 0 N–H and O–H groups in total. The minimum atomic E-state index is -1.76. The largest absolute Gasteiger partial charge is 0.414 e. The van der Waals surface area contributed by atoms with Crippen molar-refractivity contribution >= 4 is 39.2 Å². The highest BCUT2D eigenvalue weighted by atomic mass is 127. The van der Waals surface area contributed by atoms with Crippen LogP contribution in [0.15, 0.2) is 10.2 Å². The fourth-order valence-electron chi connectivity index (χ4n) is 1.46. The molecule has 0 aromatic carbocycles. The van der Waals surface area contributed by atoms with Crippen molar-refractivity contribution in [1.82, 2.24) is 0 Å². The molecule has 0 aromatic heterocycles. The zero-order chi connectivity index (χ0) is 17.8. The Balaban J connectivity index is 4.95. The van der Waals surface area contributed by atoms with E-state index >= 15 is 0 Å².